The summed E-state index contributed by atoms with van der Waals surface area (Å²) < 4.78 is 0. The van der Waals surface area contributed by atoms with E-state index in [-0.39, 0.29) is 17.5 Å². The minimum atomic E-state index is -0.242. The molecule has 2 N–H and O–H groups in total. The van der Waals surface area contributed by atoms with Gasteiger partial charge in [-0.2, -0.15) is 0 Å². The van der Waals surface area contributed by atoms with E-state index in [0.29, 0.717) is 12.2 Å². The van der Waals surface area contributed by atoms with Gasteiger partial charge in [-0.3, -0.25) is 9.59 Å². The molecule has 0 spiro atoms. The average Bonchev–Trinajstić information content (AvgIpc) is 2.29. The fourth-order valence-corrected chi connectivity index (χ4v) is 1.87. The van der Waals surface area contributed by atoms with E-state index in [1.54, 1.807) is 17.0 Å². The zero-order valence-electron chi connectivity index (χ0n) is 9.19. The molecule has 1 aliphatic heterocycles. The van der Waals surface area contributed by atoms with E-state index in [1.807, 2.05) is 6.92 Å². The Morgan fingerprint density at radius 3 is 3.00 bits per heavy atom. The Labute approximate surface area is 93.5 Å². The highest BCUT2D eigenvalue weighted by molar-refractivity contribution is 5.92. The van der Waals surface area contributed by atoms with Crippen LogP contribution in [0.3, 0.4) is 0 Å². The average molecular weight is 221 g/mol. The first-order valence-corrected chi connectivity index (χ1v) is 5.39. The maximum atomic E-state index is 12.1. The van der Waals surface area contributed by atoms with Gasteiger partial charge >= 0.3 is 0 Å². The molecule has 0 saturated carbocycles. The van der Waals surface area contributed by atoms with Crippen LogP contribution in [0.4, 0.5) is 0 Å². The van der Waals surface area contributed by atoms with Gasteiger partial charge in [-0.15, -0.1) is 0 Å². The number of amides is 1. The van der Waals surface area contributed by atoms with Gasteiger partial charge in [0, 0.05) is 31.7 Å². The number of carbonyl (C=O) groups is 1. The summed E-state index contributed by atoms with van der Waals surface area (Å²) in [6.07, 6.45) is 0. The molecule has 1 amide bonds. The lowest BCUT2D eigenvalue weighted by molar-refractivity contribution is 0.0649. The number of rotatable bonds is 1. The predicted octanol–water partition coefficient (Wildman–Crippen LogP) is -0.191. The maximum absolute atomic E-state index is 12.1. The molecule has 0 radical (unpaired) electrons. The molecule has 86 valence electrons. The molecule has 0 bridgehead atoms. The number of hydrogen-bond donors (Lipinski definition) is 2. The summed E-state index contributed by atoms with van der Waals surface area (Å²) >= 11 is 0. The van der Waals surface area contributed by atoms with Crippen LogP contribution in [-0.2, 0) is 0 Å². The predicted molar refractivity (Wildman–Crippen MR) is 60.4 cm³/mol. The molecule has 0 unspecified atom stereocenters. The van der Waals surface area contributed by atoms with E-state index in [2.05, 4.69) is 10.3 Å². The lowest BCUT2D eigenvalue weighted by atomic mass is 10.2. The second kappa shape index (κ2) is 4.49. The molecule has 1 fully saturated rings. The first-order chi connectivity index (χ1) is 7.68. The summed E-state index contributed by atoms with van der Waals surface area (Å²) in [5.41, 5.74) is 0.120. The van der Waals surface area contributed by atoms with Crippen LogP contribution in [0.15, 0.2) is 23.0 Å². The standard InChI is InChI=1S/C11H15N3O2/c1-8-7-12-5-6-14(8)11(16)9-3-2-4-10(15)13-9/h2-4,8,12H,5-7H2,1H3,(H,13,15)/t8-/m1/s1. The van der Waals surface area contributed by atoms with Gasteiger partial charge in [0.25, 0.3) is 5.91 Å². The fraction of sp³-hybridized carbons (Fsp3) is 0.455. The van der Waals surface area contributed by atoms with Crippen molar-refractivity contribution in [3.05, 3.63) is 34.2 Å². The topological polar surface area (TPSA) is 65.2 Å². The van der Waals surface area contributed by atoms with Crippen molar-refractivity contribution in [3.63, 3.8) is 0 Å². The number of carbonyl (C=O) groups excluding carboxylic acids is 1. The quantitative estimate of drug-likeness (QED) is 0.690. The van der Waals surface area contributed by atoms with E-state index in [0.717, 1.165) is 13.1 Å². The van der Waals surface area contributed by atoms with Crippen LogP contribution in [0.25, 0.3) is 0 Å². The van der Waals surface area contributed by atoms with E-state index in [9.17, 15) is 9.59 Å². The minimum Gasteiger partial charge on any atom is -0.332 e. The smallest absolute Gasteiger partial charge is 0.270 e. The summed E-state index contributed by atoms with van der Waals surface area (Å²) in [4.78, 5) is 27.5. The summed E-state index contributed by atoms with van der Waals surface area (Å²) in [6.45, 7) is 4.26. The highest BCUT2D eigenvalue weighted by atomic mass is 16.2. The lowest BCUT2D eigenvalue weighted by Gasteiger charge is -2.33. The highest BCUT2D eigenvalue weighted by Gasteiger charge is 2.24. The minimum absolute atomic E-state index is 0.105. The van der Waals surface area contributed by atoms with Crippen molar-refractivity contribution in [2.24, 2.45) is 0 Å². The number of pyridine rings is 1. The number of H-pyrrole nitrogens is 1. The zero-order chi connectivity index (χ0) is 11.5. The second-order valence-electron chi connectivity index (χ2n) is 3.98. The van der Waals surface area contributed by atoms with Crippen LogP contribution in [0.2, 0.25) is 0 Å². The van der Waals surface area contributed by atoms with Crippen molar-refractivity contribution in [3.8, 4) is 0 Å². The molecule has 0 aliphatic carbocycles. The fourth-order valence-electron chi connectivity index (χ4n) is 1.87. The summed E-state index contributed by atoms with van der Waals surface area (Å²) in [5, 5.41) is 3.22. The van der Waals surface area contributed by atoms with E-state index >= 15 is 0 Å². The van der Waals surface area contributed by atoms with Gasteiger partial charge in [-0.25, -0.2) is 0 Å². The molecular formula is C11H15N3O2. The lowest BCUT2D eigenvalue weighted by Crippen LogP contribution is -2.52. The number of piperazine rings is 1. The molecule has 16 heavy (non-hydrogen) atoms. The van der Waals surface area contributed by atoms with Crippen LogP contribution in [0.5, 0.6) is 0 Å². The van der Waals surface area contributed by atoms with Crippen molar-refractivity contribution in [2.45, 2.75) is 13.0 Å². The molecule has 2 rings (SSSR count). The van der Waals surface area contributed by atoms with Crippen molar-refractivity contribution in [1.82, 2.24) is 15.2 Å². The van der Waals surface area contributed by atoms with Crippen molar-refractivity contribution in [1.29, 1.82) is 0 Å². The van der Waals surface area contributed by atoms with Gasteiger partial charge in [0.05, 0.1) is 0 Å². The Morgan fingerprint density at radius 2 is 2.31 bits per heavy atom. The molecule has 0 aromatic carbocycles. The van der Waals surface area contributed by atoms with Crippen molar-refractivity contribution in [2.75, 3.05) is 19.6 Å². The summed E-state index contributed by atoms with van der Waals surface area (Å²) in [7, 11) is 0. The molecule has 2 heterocycles. The third-order valence-electron chi connectivity index (χ3n) is 2.76. The molecule has 1 atom stereocenters. The third kappa shape index (κ3) is 2.14. The van der Waals surface area contributed by atoms with Crippen LogP contribution < -0.4 is 10.9 Å². The maximum Gasteiger partial charge on any atom is 0.270 e. The van der Waals surface area contributed by atoms with Gasteiger partial charge in [0.1, 0.15) is 5.69 Å². The Hall–Kier alpha value is -1.62. The number of aromatic nitrogens is 1. The van der Waals surface area contributed by atoms with Gasteiger partial charge in [-0.05, 0) is 13.0 Å². The first kappa shape index (κ1) is 10.9. The molecule has 5 nitrogen and oxygen atoms in total. The van der Waals surface area contributed by atoms with Gasteiger partial charge in [-0.1, -0.05) is 6.07 Å². The summed E-state index contributed by atoms with van der Waals surface area (Å²) in [6, 6.07) is 4.79. The van der Waals surface area contributed by atoms with Crippen LogP contribution >= 0.6 is 0 Å². The number of nitrogens with one attached hydrogen (secondary N) is 2. The molecule has 1 saturated heterocycles. The normalized spacial score (nSPS) is 20.8. The molecular weight excluding hydrogens is 206 g/mol. The SMILES string of the molecule is C[C@@H]1CNCCN1C(=O)c1cccc(=O)[nH]1. The van der Waals surface area contributed by atoms with Crippen LogP contribution in [0, 0.1) is 0 Å². The number of hydrogen-bond acceptors (Lipinski definition) is 3. The van der Waals surface area contributed by atoms with Gasteiger partial charge in [0.2, 0.25) is 5.56 Å². The molecule has 1 aromatic heterocycles. The second-order valence-corrected chi connectivity index (χ2v) is 3.98. The van der Waals surface area contributed by atoms with E-state index in [4.69, 9.17) is 0 Å². The zero-order valence-corrected chi connectivity index (χ0v) is 9.19. The van der Waals surface area contributed by atoms with Gasteiger partial charge < -0.3 is 15.2 Å². The molecule has 1 aliphatic rings. The first-order valence-electron chi connectivity index (χ1n) is 5.39. The van der Waals surface area contributed by atoms with Gasteiger partial charge in [0.15, 0.2) is 0 Å². The van der Waals surface area contributed by atoms with Crippen molar-refractivity contribution < 1.29 is 4.79 Å². The van der Waals surface area contributed by atoms with Crippen molar-refractivity contribution >= 4 is 5.91 Å². The molecule has 1 aromatic rings. The highest BCUT2D eigenvalue weighted by Crippen LogP contribution is 2.07. The number of aromatic amines is 1. The van der Waals surface area contributed by atoms with E-state index in [1.165, 1.54) is 6.07 Å². The monoisotopic (exact) mass is 221 g/mol. The third-order valence-corrected chi connectivity index (χ3v) is 2.76. The van der Waals surface area contributed by atoms with Crippen LogP contribution in [0.1, 0.15) is 17.4 Å². The largest absolute Gasteiger partial charge is 0.332 e. The van der Waals surface area contributed by atoms with Crippen LogP contribution in [-0.4, -0.2) is 41.5 Å². The summed E-state index contributed by atoms with van der Waals surface area (Å²) in [5.74, 6) is -0.105. The van der Waals surface area contributed by atoms with E-state index < -0.39 is 0 Å². The Balaban J connectivity index is 2.21. The molecule has 5 heteroatoms. The Bertz CT molecular complexity index is 441. The Morgan fingerprint density at radius 1 is 1.50 bits per heavy atom. The Kier molecular flexibility index (Phi) is 3.05. The number of nitrogens with zero attached hydrogens (tertiary/aromatic N) is 1.